The van der Waals surface area contributed by atoms with Crippen molar-refractivity contribution >= 4 is 47.4 Å². The van der Waals surface area contributed by atoms with Gasteiger partial charge in [-0.2, -0.15) is 10.2 Å². The van der Waals surface area contributed by atoms with E-state index < -0.39 is 11.8 Å². The van der Waals surface area contributed by atoms with Gasteiger partial charge in [0.05, 0.1) is 12.4 Å². The van der Waals surface area contributed by atoms with Gasteiger partial charge in [0, 0.05) is 21.2 Å². The van der Waals surface area contributed by atoms with Crippen LogP contribution in [0.5, 0.6) is 0 Å². The Morgan fingerprint density at radius 2 is 1.22 bits per heavy atom. The molecular formula is C18H16Cl2N4O3. The topological polar surface area (TPSA) is 92.2 Å². The standard InChI is InChI=1S/C18H16Cl2N4O3/c19-15-7-3-1-5-13(15)9-21-23-17(25)11-27-12-18(26)24-22-10-14-6-2-4-8-16(14)20/h1-10H,11-12H2,(H,23,25)(H,24,26)/b21-9-,22-10-. The molecule has 0 saturated carbocycles. The first-order chi connectivity index (χ1) is 13.1. The molecule has 0 spiro atoms. The second-order valence-electron chi connectivity index (χ2n) is 5.12. The molecule has 0 bridgehead atoms. The van der Waals surface area contributed by atoms with Gasteiger partial charge in [0.1, 0.15) is 13.2 Å². The van der Waals surface area contributed by atoms with Crippen molar-refractivity contribution < 1.29 is 14.3 Å². The molecule has 0 radical (unpaired) electrons. The van der Waals surface area contributed by atoms with Gasteiger partial charge in [-0.1, -0.05) is 59.6 Å². The fourth-order valence-corrected chi connectivity index (χ4v) is 2.18. The van der Waals surface area contributed by atoms with Crippen LogP contribution < -0.4 is 10.9 Å². The molecule has 27 heavy (non-hydrogen) atoms. The zero-order chi connectivity index (χ0) is 19.5. The maximum atomic E-state index is 11.6. The summed E-state index contributed by atoms with van der Waals surface area (Å²) in [6.45, 7) is -0.664. The van der Waals surface area contributed by atoms with E-state index in [-0.39, 0.29) is 13.2 Å². The van der Waals surface area contributed by atoms with Crippen molar-refractivity contribution in [2.24, 2.45) is 10.2 Å². The van der Waals surface area contributed by atoms with Crippen molar-refractivity contribution in [2.45, 2.75) is 0 Å². The van der Waals surface area contributed by atoms with Crippen molar-refractivity contribution in [1.29, 1.82) is 0 Å². The molecule has 140 valence electrons. The average molecular weight is 407 g/mol. The van der Waals surface area contributed by atoms with Crippen molar-refractivity contribution in [2.75, 3.05) is 13.2 Å². The molecule has 0 aliphatic carbocycles. The summed E-state index contributed by atoms with van der Waals surface area (Å²) in [5.41, 5.74) is 5.87. The first-order valence-electron chi connectivity index (χ1n) is 7.77. The maximum absolute atomic E-state index is 11.6. The van der Waals surface area contributed by atoms with Crippen LogP contribution in [-0.4, -0.2) is 37.5 Å². The number of rotatable bonds is 8. The van der Waals surface area contributed by atoms with Crippen LogP contribution in [0.25, 0.3) is 0 Å². The van der Waals surface area contributed by atoms with Gasteiger partial charge in [0.25, 0.3) is 11.8 Å². The predicted molar refractivity (Wildman–Crippen MR) is 105 cm³/mol. The number of nitrogens with one attached hydrogen (secondary N) is 2. The molecule has 2 aromatic rings. The van der Waals surface area contributed by atoms with Crippen molar-refractivity contribution in [3.05, 3.63) is 69.7 Å². The number of hydrazone groups is 2. The SMILES string of the molecule is O=C(COCC(=O)N/N=C\c1ccccc1Cl)N/N=C\c1ccccc1Cl. The summed E-state index contributed by atoms with van der Waals surface area (Å²) in [7, 11) is 0. The highest BCUT2D eigenvalue weighted by atomic mass is 35.5. The summed E-state index contributed by atoms with van der Waals surface area (Å²) < 4.78 is 4.99. The molecule has 2 amide bonds. The largest absolute Gasteiger partial charge is 0.362 e. The first-order valence-corrected chi connectivity index (χ1v) is 8.52. The second kappa shape index (κ2) is 11.1. The Labute approximate surface area is 166 Å². The molecule has 7 nitrogen and oxygen atoms in total. The summed E-state index contributed by atoms with van der Waals surface area (Å²) in [4.78, 5) is 23.2. The molecule has 0 unspecified atom stereocenters. The van der Waals surface area contributed by atoms with Gasteiger partial charge in [-0.3, -0.25) is 9.59 Å². The molecule has 0 heterocycles. The number of benzene rings is 2. The highest BCUT2D eigenvalue weighted by molar-refractivity contribution is 6.33. The minimum absolute atomic E-state index is 0.332. The summed E-state index contributed by atoms with van der Waals surface area (Å²) in [5.74, 6) is -1.02. The van der Waals surface area contributed by atoms with E-state index in [2.05, 4.69) is 21.1 Å². The second-order valence-corrected chi connectivity index (χ2v) is 5.94. The van der Waals surface area contributed by atoms with Crippen LogP contribution in [0, 0.1) is 0 Å². The van der Waals surface area contributed by atoms with Crippen molar-refractivity contribution in [3.8, 4) is 0 Å². The Morgan fingerprint density at radius 3 is 1.63 bits per heavy atom. The van der Waals surface area contributed by atoms with E-state index in [9.17, 15) is 9.59 Å². The molecule has 2 N–H and O–H groups in total. The lowest BCUT2D eigenvalue weighted by Gasteiger charge is -2.02. The molecule has 2 aromatic carbocycles. The van der Waals surface area contributed by atoms with Gasteiger partial charge in [0.15, 0.2) is 0 Å². The summed E-state index contributed by atoms with van der Waals surface area (Å²) in [5, 5.41) is 8.56. The monoisotopic (exact) mass is 406 g/mol. The smallest absolute Gasteiger partial charge is 0.266 e. The lowest BCUT2D eigenvalue weighted by atomic mass is 10.2. The number of carbonyl (C=O) groups excluding carboxylic acids is 2. The van der Waals surface area contributed by atoms with Crippen LogP contribution >= 0.6 is 23.2 Å². The zero-order valence-corrected chi connectivity index (χ0v) is 15.6. The number of hydrogen-bond acceptors (Lipinski definition) is 5. The van der Waals surface area contributed by atoms with Crippen LogP contribution in [0.15, 0.2) is 58.7 Å². The molecule has 0 atom stereocenters. The molecule has 0 aliphatic heterocycles. The predicted octanol–water partition coefficient (Wildman–Crippen LogP) is 2.61. The van der Waals surface area contributed by atoms with Crippen molar-refractivity contribution in [1.82, 2.24) is 10.9 Å². The van der Waals surface area contributed by atoms with E-state index >= 15 is 0 Å². The van der Waals surface area contributed by atoms with E-state index in [1.807, 2.05) is 0 Å². The number of carbonyl (C=O) groups is 2. The van der Waals surface area contributed by atoms with E-state index in [1.54, 1.807) is 48.5 Å². The normalized spacial score (nSPS) is 11.0. The van der Waals surface area contributed by atoms with E-state index in [0.29, 0.717) is 21.2 Å². The minimum Gasteiger partial charge on any atom is -0.362 e. The van der Waals surface area contributed by atoms with Crippen LogP contribution in [0.2, 0.25) is 10.0 Å². The fourth-order valence-electron chi connectivity index (χ4n) is 1.81. The highest BCUT2D eigenvalue weighted by Crippen LogP contribution is 2.12. The van der Waals surface area contributed by atoms with Gasteiger partial charge in [-0.05, 0) is 12.1 Å². The van der Waals surface area contributed by atoms with Gasteiger partial charge in [-0.15, -0.1) is 0 Å². The van der Waals surface area contributed by atoms with E-state index in [4.69, 9.17) is 27.9 Å². The Bertz CT molecular complexity index is 787. The Balaban J connectivity index is 1.65. The van der Waals surface area contributed by atoms with Gasteiger partial charge in [0.2, 0.25) is 0 Å². The third-order valence-corrected chi connectivity index (χ3v) is 3.75. The Kier molecular flexibility index (Phi) is 8.44. The molecule has 9 heteroatoms. The maximum Gasteiger partial charge on any atom is 0.266 e. The van der Waals surface area contributed by atoms with Crippen LogP contribution in [0.1, 0.15) is 11.1 Å². The van der Waals surface area contributed by atoms with Gasteiger partial charge >= 0.3 is 0 Å². The fraction of sp³-hybridized carbons (Fsp3) is 0.111. The number of hydrogen-bond donors (Lipinski definition) is 2. The third-order valence-electron chi connectivity index (χ3n) is 3.06. The van der Waals surface area contributed by atoms with Gasteiger partial charge < -0.3 is 4.74 Å². The number of halogens is 2. The molecule has 0 aliphatic rings. The summed E-state index contributed by atoms with van der Waals surface area (Å²) >= 11 is 11.9. The highest BCUT2D eigenvalue weighted by Gasteiger charge is 2.04. The minimum atomic E-state index is -0.509. The number of nitrogens with zero attached hydrogens (tertiary/aromatic N) is 2. The summed E-state index contributed by atoms with van der Waals surface area (Å²) in [6.07, 6.45) is 2.83. The van der Waals surface area contributed by atoms with E-state index in [1.165, 1.54) is 12.4 Å². The van der Waals surface area contributed by atoms with Crippen molar-refractivity contribution in [3.63, 3.8) is 0 Å². The quantitative estimate of drug-likeness (QED) is 0.521. The number of ether oxygens (including phenoxy) is 1. The third kappa shape index (κ3) is 7.57. The van der Waals surface area contributed by atoms with E-state index in [0.717, 1.165) is 0 Å². The summed E-state index contributed by atoms with van der Waals surface area (Å²) in [6, 6.07) is 14.1. The Morgan fingerprint density at radius 1 is 0.815 bits per heavy atom. The zero-order valence-electron chi connectivity index (χ0n) is 14.1. The molecule has 2 rings (SSSR count). The first kappa shape index (κ1) is 20.6. The van der Waals surface area contributed by atoms with Crippen LogP contribution in [-0.2, 0) is 14.3 Å². The average Bonchev–Trinajstić information content (AvgIpc) is 2.65. The molecule has 0 fully saturated rings. The van der Waals surface area contributed by atoms with Crippen LogP contribution in [0.3, 0.4) is 0 Å². The van der Waals surface area contributed by atoms with Gasteiger partial charge in [-0.25, -0.2) is 10.9 Å². The lowest BCUT2D eigenvalue weighted by Crippen LogP contribution is -2.28. The molecule has 0 aromatic heterocycles. The lowest BCUT2D eigenvalue weighted by molar-refractivity contribution is -0.130. The Hall–Kier alpha value is -2.74. The number of amides is 2. The molecule has 0 saturated heterocycles. The molecular weight excluding hydrogens is 391 g/mol. The van der Waals surface area contributed by atoms with Crippen LogP contribution in [0.4, 0.5) is 0 Å².